The van der Waals surface area contributed by atoms with Crippen molar-refractivity contribution in [2.24, 2.45) is 5.41 Å². The molecule has 0 fully saturated rings. The molecule has 1 nitrogen and oxygen atoms in total. The largest absolute Gasteiger partial charge is 0.299 e. The quantitative estimate of drug-likeness (QED) is 0.702. The van der Waals surface area contributed by atoms with Crippen LogP contribution in [0.5, 0.6) is 0 Å². The lowest BCUT2D eigenvalue weighted by molar-refractivity contribution is -0.122. The van der Waals surface area contributed by atoms with E-state index in [1.165, 1.54) is 22.3 Å². The zero-order valence-electron chi connectivity index (χ0n) is 12.6. The molecule has 0 bridgehead atoms. The Bertz CT molecular complexity index is 726. The third kappa shape index (κ3) is 1.80. The molecule has 0 saturated heterocycles. The van der Waals surface area contributed by atoms with Gasteiger partial charge in [-0.05, 0) is 34.1 Å². The van der Waals surface area contributed by atoms with Crippen LogP contribution in [0.15, 0.2) is 48.5 Å². The van der Waals surface area contributed by atoms with Gasteiger partial charge in [0.15, 0.2) is 0 Å². The van der Waals surface area contributed by atoms with Crippen molar-refractivity contribution >= 4 is 5.78 Å². The van der Waals surface area contributed by atoms with Crippen LogP contribution in [0.25, 0.3) is 0 Å². The first-order valence-corrected chi connectivity index (χ1v) is 7.76. The molecule has 2 aliphatic rings. The standard InChI is InChI=1S/C20H20O/c1-20(2)12-14-8-4-5-9-15(14)18-17(21)11-13-7-3-6-10-16(13)19(18)20/h3-10,18-19H,11-12H2,1-2H3. The van der Waals surface area contributed by atoms with E-state index >= 15 is 0 Å². The zero-order valence-corrected chi connectivity index (χ0v) is 12.6. The van der Waals surface area contributed by atoms with Crippen LogP contribution in [0.2, 0.25) is 0 Å². The maximum atomic E-state index is 12.8. The van der Waals surface area contributed by atoms with Crippen LogP contribution in [0.3, 0.4) is 0 Å². The van der Waals surface area contributed by atoms with E-state index in [-0.39, 0.29) is 11.3 Å². The number of hydrogen-bond acceptors (Lipinski definition) is 1. The molecule has 4 rings (SSSR count). The van der Waals surface area contributed by atoms with E-state index in [2.05, 4.69) is 62.4 Å². The molecule has 0 saturated carbocycles. The number of Topliss-reactive ketones (excluding diaryl/α,β-unsaturated/α-hetero) is 1. The second-order valence-electron chi connectivity index (χ2n) is 7.16. The third-order valence-corrected chi connectivity index (χ3v) is 5.31. The lowest BCUT2D eigenvalue weighted by atomic mass is 9.55. The van der Waals surface area contributed by atoms with Crippen LogP contribution in [-0.2, 0) is 17.6 Å². The topological polar surface area (TPSA) is 17.1 Å². The average molecular weight is 276 g/mol. The Morgan fingerprint density at radius 2 is 1.52 bits per heavy atom. The van der Waals surface area contributed by atoms with Gasteiger partial charge >= 0.3 is 0 Å². The number of carbonyl (C=O) groups excluding carboxylic acids is 1. The first-order chi connectivity index (χ1) is 10.1. The summed E-state index contributed by atoms with van der Waals surface area (Å²) in [7, 11) is 0. The van der Waals surface area contributed by atoms with Crippen LogP contribution in [-0.4, -0.2) is 5.78 Å². The van der Waals surface area contributed by atoms with Gasteiger partial charge in [0.1, 0.15) is 5.78 Å². The van der Waals surface area contributed by atoms with Gasteiger partial charge < -0.3 is 0 Å². The van der Waals surface area contributed by atoms with E-state index in [1.54, 1.807) is 0 Å². The van der Waals surface area contributed by atoms with Crippen LogP contribution in [0.4, 0.5) is 0 Å². The van der Waals surface area contributed by atoms with Gasteiger partial charge in [-0.1, -0.05) is 62.4 Å². The zero-order chi connectivity index (χ0) is 14.6. The SMILES string of the molecule is CC1(C)Cc2ccccc2C2C(=O)Cc3ccccc3C21. The minimum atomic E-state index is 0.0415. The minimum absolute atomic E-state index is 0.0415. The highest BCUT2D eigenvalue weighted by atomic mass is 16.1. The summed E-state index contributed by atoms with van der Waals surface area (Å²) in [6, 6.07) is 17.0. The van der Waals surface area contributed by atoms with E-state index in [0.29, 0.717) is 18.1 Å². The van der Waals surface area contributed by atoms with Gasteiger partial charge in [-0.2, -0.15) is 0 Å². The van der Waals surface area contributed by atoms with Crippen LogP contribution in [0, 0.1) is 5.41 Å². The second kappa shape index (κ2) is 4.30. The number of fused-ring (bicyclic) bond motifs is 5. The summed E-state index contributed by atoms with van der Waals surface area (Å²) in [6.45, 7) is 4.63. The maximum absolute atomic E-state index is 12.8. The molecule has 21 heavy (non-hydrogen) atoms. The summed E-state index contributed by atoms with van der Waals surface area (Å²) in [5, 5.41) is 0. The molecule has 0 heterocycles. The predicted octanol–water partition coefficient (Wildman–Crippen LogP) is 4.26. The summed E-state index contributed by atoms with van der Waals surface area (Å²) in [5.74, 6) is 0.739. The van der Waals surface area contributed by atoms with Gasteiger partial charge in [0, 0.05) is 12.3 Å². The van der Waals surface area contributed by atoms with Crippen molar-refractivity contribution in [3.05, 3.63) is 70.8 Å². The molecule has 0 spiro atoms. The van der Waals surface area contributed by atoms with E-state index in [9.17, 15) is 4.79 Å². The molecule has 2 aromatic rings. The van der Waals surface area contributed by atoms with Crippen molar-refractivity contribution in [2.75, 3.05) is 0 Å². The average Bonchev–Trinajstić information content (AvgIpc) is 2.46. The van der Waals surface area contributed by atoms with Crippen molar-refractivity contribution in [3.63, 3.8) is 0 Å². The number of ketones is 1. The van der Waals surface area contributed by atoms with Gasteiger partial charge in [0.25, 0.3) is 0 Å². The molecule has 2 atom stereocenters. The summed E-state index contributed by atoms with van der Waals surface area (Å²) in [5.41, 5.74) is 5.36. The number of hydrogen-bond donors (Lipinski definition) is 0. The molecule has 2 aliphatic carbocycles. The third-order valence-electron chi connectivity index (χ3n) is 5.31. The molecular formula is C20H20O. The second-order valence-corrected chi connectivity index (χ2v) is 7.16. The highest BCUT2D eigenvalue weighted by Gasteiger charge is 2.48. The van der Waals surface area contributed by atoms with Crippen molar-refractivity contribution < 1.29 is 4.79 Å². The Hall–Kier alpha value is -1.89. The van der Waals surface area contributed by atoms with E-state index in [1.807, 2.05) is 0 Å². The van der Waals surface area contributed by atoms with E-state index in [4.69, 9.17) is 0 Å². The Balaban J connectivity index is 1.98. The first-order valence-electron chi connectivity index (χ1n) is 7.76. The predicted molar refractivity (Wildman–Crippen MR) is 84.6 cm³/mol. The lowest BCUT2D eigenvalue weighted by Gasteiger charge is -2.47. The fraction of sp³-hybridized carbons (Fsp3) is 0.350. The molecule has 0 N–H and O–H groups in total. The highest BCUT2D eigenvalue weighted by Crippen LogP contribution is 2.55. The monoisotopic (exact) mass is 276 g/mol. The van der Waals surface area contributed by atoms with E-state index < -0.39 is 0 Å². The van der Waals surface area contributed by atoms with E-state index in [0.717, 1.165) is 6.42 Å². The summed E-state index contributed by atoms with van der Waals surface area (Å²) >= 11 is 0. The van der Waals surface area contributed by atoms with Gasteiger partial charge in [-0.15, -0.1) is 0 Å². The normalized spacial score (nSPS) is 25.7. The molecule has 0 aromatic heterocycles. The minimum Gasteiger partial charge on any atom is -0.299 e. The van der Waals surface area contributed by atoms with Crippen LogP contribution >= 0.6 is 0 Å². The molecule has 0 amide bonds. The summed E-state index contributed by atoms with van der Waals surface area (Å²) < 4.78 is 0. The van der Waals surface area contributed by atoms with Crippen LogP contribution < -0.4 is 0 Å². The maximum Gasteiger partial charge on any atom is 0.145 e. The molecule has 0 aliphatic heterocycles. The molecular weight excluding hydrogens is 256 g/mol. The molecule has 2 unspecified atom stereocenters. The fourth-order valence-electron chi connectivity index (χ4n) is 4.49. The fourth-order valence-corrected chi connectivity index (χ4v) is 4.49. The Morgan fingerprint density at radius 1 is 0.905 bits per heavy atom. The van der Waals surface area contributed by atoms with Crippen LogP contribution in [0.1, 0.15) is 47.9 Å². The van der Waals surface area contributed by atoms with Crippen molar-refractivity contribution in [1.82, 2.24) is 0 Å². The van der Waals surface area contributed by atoms with Crippen molar-refractivity contribution in [1.29, 1.82) is 0 Å². The number of benzene rings is 2. The molecule has 0 radical (unpaired) electrons. The Labute approximate surface area is 126 Å². The van der Waals surface area contributed by atoms with Crippen molar-refractivity contribution in [3.8, 4) is 0 Å². The summed E-state index contributed by atoms with van der Waals surface area (Å²) in [6.07, 6.45) is 1.63. The van der Waals surface area contributed by atoms with Gasteiger partial charge in [-0.25, -0.2) is 0 Å². The number of carbonyl (C=O) groups is 1. The smallest absolute Gasteiger partial charge is 0.145 e. The number of rotatable bonds is 0. The van der Waals surface area contributed by atoms with Gasteiger partial charge in [0.05, 0.1) is 5.92 Å². The van der Waals surface area contributed by atoms with Gasteiger partial charge in [0.2, 0.25) is 0 Å². The van der Waals surface area contributed by atoms with Crippen molar-refractivity contribution in [2.45, 2.75) is 38.5 Å². The Kier molecular flexibility index (Phi) is 2.63. The molecule has 106 valence electrons. The molecule has 1 heteroatoms. The Morgan fingerprint density at radius 3 is 2.29 bits per heavy atom. The van der Waals surface area contributed by atoms with Gasteiger partial charge in [-0.3, -0.25) is 4.79 Å². The highest BCUT2D eigenvalue weighted by molar-refractivity contribution is 5.92. The summed E-state index contributed by atoms with van der Waals surface area (Å²) in [4.78, 5) is 12.8. The molecule has 2 aromatic carbocycles. The first kappa shape index (κ1) is 12.8. The lowest BCUT2D eigenvalue weighted by Crippen LogP contribution is -2.41.